The molecular weight excluding hydrogens is 817 g/mol. The largest absolute Gasteiger partial charge is 0.453 e. The third kappa shape index (κ3) is 8.08. The zero-order chi connectivity index (χ0) is 44.9. The van der Waals surface area contributed by atoms with E-state index in [4.69, 9.17) is 28.9 Å². The van der Waals surface area contributed by atoms with Gasteiger partial charge < -0.3 is 49.3 Å². The summed E-state index contributed by atoms with van der Waals surface area (Å²) in [6.45, 7) is 4.12. The van der Waals surface area contributed by atoms with Gasteiger partial charge in [-0.3, -0.25) is 9.59 Å². The van der Waals surface area contributed by atoms with Crippen molar-refractivity contribution in [2.45, 2.75) is 94.8 Å². The Balaban J connectivity index is 0.894. The normalized spacial score (nSPS) is 22.6. The number of amides is 4. The minimum absolute atomic E-state index is 0.0684. The van der Waals surface area contributed by atoms with Gasteiger partial charge in [0, 0.05) is 32.4 Å². The number of carbonyl (C=O) groups is 4. The predicted octanol–water partition coefficient (Wildman–Crippen LogP) is 6.91. The molecule has 16 nitrogen and oxygen atoms in total. The van der Waals surface area contributed by atoms with Gasteiger partial charge >= 0.3 is 12.2 Å². The van der Waals surface area contributed by atoms with E-state index in [9.17, 15) is 19.2 Å². The number of alkyl carbamates (subject to hydrolysis) is 2. The maximum absolute atomic E-state index is 14.1. The number of nitrogens with zero attached hydrogens (tertiary/aromatic N) is 4. The number of piperidine rings is 1. The number of likely N-dealkylation sites (tertiary alicyclic amines) is 2. The van der Waals surface area contributed by atoms with Gasteiger partial charge in [0.05, 0.1) is 62.3 Å². The van der Waals surface area contributed by atoms with E-state index in [0.717, 1.165) is 94.6 Å². The molecule has 2 saturated heterocycles. The van der Waals surface area contributed by atoms with Crippen LogP contribution in [0.3, 0.4) is 0 Å². The van der Waals surface area contributed by atoms with Gasteiger partial charge in [0.2, 0.25) is 11.8 Å². The van der Waals surface area contributed by atoms with Crippen molar-refractivity contribution in [1.82, 2.24) is 40.4 Å². The fraction of sp³-hybridized carbons (Fsp3) is 0.458. The molecule has 3 aromatic carbocycles. The summed E-state index contributed by atoms with van der Waals surface area (Å²) in [5.41, 5.74) is 5.91. The second-order valence-corrected chi connectivity index (χ2v) is 17.9. The number of methoxy groups -OCH3 is 4. The summed E-state index contributed by atoms with van der Waals surface area (Å²) in [4.78, 5) is 72.8. The van der Waals surface area contributed by atoms with Crippen LogP contribution in [0.4, 0.5) is 9.59 Å². The van der Waals surface area contributed by atoms with Gasteiger partial charge in [-0.1, -0.05) is 48.5 Å². The zero-order valence-electron chi connectivity index (χ0n) is 37.1. The lowest BCUT2D eigenvalue weighted by atomic mass is 9.96. The van der Waals surface area contributed by atoms with Crippen molar-refractivity contribution in [3.8, 4) is 33.6 Å². The lowest BCUT2D eigenvalue weighted by Gasteiger charge is -2.37. The molecule has 1 spiro atoms. The first-order valence-electron chi connectivity index (χ1n) is 22.0. The molecule has 5 aromatic rings. The number of carbonyl (C=O) groups excluding carboxylic acids is 4. The second kappa shape index (κ2) is 17.4. The van der Waals surface area contributed by atoms with Crippen LogP contribution in [0.15, 0.2) is 73.1 Å². The first kappa shape index (κ1) is 43.0. The van der Waals surface area contributed by atoms with Crippen LogP contribution in [0.2, 0.25) is 0 Å². The van der Waals surface area contributed by atoms with Crippen LogP contribution >= 0.6 is 0 Å². The van der Waals surface area contributed by atoms with Crippen LogP contribution in [-0.2, 0) is 28.5 Å². The number of aromatic amines is 2. The number of hydrogen-bond donors (Lipinski definition) is 4. The number of aromatic nitrogens is 4. The van der Waals surface area contributed by atoms with Crippen molar-refractivity contribution in [3.63, 3.8) is 0 Å². The van der Waals surface area contributed by atoms with Crippen LogP contribution in [-0.4, -0.2) is 119 Å². The summed E-state index contributed by atoms with van der Waals surface area (Å²) in [5, 5.41) is 7.54. The van der Waals surface area contributed by atoms with Crippen molar-refractivity contribution >= 4 is 34.8 Å². The third-order valence-electron chi connectivity index (χ3n) is 14.2. The lowest BCUT2D eigenvalue weighted by Crippen LogP contribution is -2.56. The number of nitrogens with one attached hydrogen (secondary N) is 4. The molecule has 4 heterocycles. The average Bonchev–Trinajstić information content (AvgIpc) is 3.96. The molecule has 4 fully saturated rings. The van der Waals surface area contributed by atoms with Gasteiger partial charge in [-0.25, -0.2) is 19.6 Å². The minimum atomic E-state index is -0.899. The topological polar surface area (TPSA) is 193 Å². The first-order chi connectivity index (χ1) is 30.9. The predicted molar refractivity (Wildman–Crippen MR) is 238 cm³/mol. The standard InChI is InChI=1S/C48H56N8O8/c1-26(61-3)39(53-46(59)63-5)44(57)55-25-48(17-18-48)22-38(55)42-49-24-37(51-42)33-14-13-31-19-30(11-12-32(31)20-33)28-7-9-29(10-8-28)36-23-50-43(52-36)41-34-15-16-35(21-34)56(41)45(58)40(27(2)62-4)54-47(60)64-6/h7-14,19-20,23-24,26-27,34-35,38-41H,15-18,21-22,25H2,1-6H3,(H,49,51)(H,50,52)(H,53,59)(H,54,60)/t26-,27?,34?,35?,38-,39?,40-,41?/m0/s1. The highest BCUT2D eigenvalue weighted by Crippen LogP contribution is 2.58. The Bertz CT molecular complexity index is 2550. The highest BCUT2D eigenvalue weighted by atomic mass is 16.5. The number of imidazole rings is 2. The molecule has 2 bridgehead atoms. The van der Waals surface area contributed by atoms with Gasteiger partial charge in [-0.15, -0.1) is 0 Å². The Labute approximate surface area is 371 Å². The van der Waals surface area contributed by atoms with Gasteiger partial charge in [0.15, 0.2) is 0 Å². The molecule has 4 amide bonds. The number of rotatable bonds is 13. The molecule has 4 aliphatic rings. The second-order valence-electron chi connectivity index (χ2n) is 17.9. The van der Waals surface area contributed by atoms with Gasteiger partial charge in [-0.2, -0.15) is 0 Å². The average molecular weight is 873 g/mol. The van der Waals surface area contributed by atoms with Crippen molar-refractivity contribution in [2.75, 3.05) is 35.0 Å². The summed E-state index contributed by atoms with van der Waals surface area (Å²) in [7, 11) is 5.59. The summed E-state index contributed by atoms with van der Waals surface area (Å²) in [6.07, 6.45) is 6.91. The zero-order valence-corrected chi connectivity index (χ0v) is 37.1. The number of fused-ring (bicyclic) bond motifs is 3. The van der Waals surface area contributed by atoms with E-state index in [-0.39, 0.29) is 41.3 Å². The molecule has 2 aliphatic carbocycles. The van der Waals surface area contributed by atoms with Crippen LogP contribution in [0.25, 0.3) is 44.4 Å². The van der Waals surface area contributed by atoms with E-state index >= 15 is 0 Å². The van der Waals surface area contributed by atoms with Crippen molar-refractivity contribution in [3.05, 3.63) is 84.7 Å². The molecule has 5 unspecified atom stereocenters. The molecule has 0 radical (unpaired) electrons. The maximum atomic E-state index is 14.1. The fourth-order valence-electron chi connectivity index (χ4n) is 10.2. The Kier molecular flexibility index (Phi) is 11.7. The summed E-state index contributed by atoms with van der Waals surface area (Å²) in [6, 6.07) is 18.9. The number of hydrogen-bond acceptors (Lipinski definition) is 10. The van der Waals surface area contributed by atoms with Crippen LogP contribution in [0.1, 0.15) is 76.1 Å². The maximum Gasteiger partial charge on any atom is 0.407 e. The van der Waals surface area contributed by atoms with Crippen molar-refractivity contribution < 1.29 is 38.1 Å². The Morgan fingerprint density at radius 1 is 0.703 bits per heavy atom. The van der Waals surface area contributed by atoms with Gasteiger partial charge in [0.25, 0.3) is 0 Å². The Morgan fingerprint density at radius 2 is 1.25 bits per heavy atom. The molecule has 2 aromatic heterocycles. The van der Waals surface area contributed by atoms with Crippen LogP contribution in [0.5, 0.6) is 0 Å². The summed E-state index contributed by atoms with van der Waals surface area (Å²) >= 11 is 0. The van der Waals surface area contributed by atoms with E-state index < -0.39 is 36.5 Å². The fourth-order valence-corrected chi connectivity index (χ4v) is 10.2. The van der Waals surface area contributed by atoms with E-state index in [1.807, 2.05) is 22.2 Å². The monoisotopic (exact) mass is 872 g/mol. The molecule has 2 saturated carbocycles. The highest BCUT2D eigenvalue weighted by Gasteiger charge is 2.56. The SMILES string of the molecule is COC(=O)NC(C(=O)N1CC2(CC2)C[C@H]1c1ncc(-c2ccc3cc(-c4ccc(-c5cnc(C6C7CCC(C7)N6C(=O)[C@@H](NC(=O)OC)C(C)OC)[nH]5)cc4)ccc3c2)[nH]1)[C@H](C)OC. The molecule has 8 atom stereocenters. The highest BCUT2D eigenvalue weighted by molar-refractivity contribution is 5.91. The molecule has 4 N–H and O–H groups in total. The summed E-state index contributed by atoms with van der Waals surface area (Å²) < 4.78 is 20.6. The molecular formula is C48H56N8O8. The van der Waals surface area contributed by atoms with Gasteiger partial charge in [-0.05, 0) is 103 Å². The quantitative estimate of drug-likeness (QED) is 0.0966. The van der Waals surface area contributed by atoms with E-state index in [1.54, 1.807) is 13.8 Å². The summed E-state index contributed by atoms with van der Waals surface area (Å²) in [5.74, 6) is 1.31. The molecule has 64 heavy (non-hydrogen) atoms. The van der Waals surface area contributed by atoms with Crippen LogP contribution in [0, 0.1) is 11.3 Å². The minimum Gasteiger partial charge on any atom is -0.453 e. The lowest BCUT2D eigenvalue weighted by molar-refractivity contribution is -0.141. The number of benzene rings is 3. The number of H-pyrrole nitrogens is 2. The van der Waals surface area contributed by atoms with E-state index in [1.165, 1.54) is 28.4 Å². The Hall–Kier alpha value is -6.26. The molecule has 9 rings (SSSR count). The smallest absolute Gasteiger partial charge is 0.407 e. The van der Waals surface area contributed by atoms with E-state index in [2.05, 4.69) is 81.3 Å². The third-order valence-corrected chi connectivity index (χ3v) is 14.2. The molecule has 336 valence electrons. The van der Waals surface area contributed by atoms with Gasteiger partial charge in [0.1, 0.15) is 23.7 Å². The molecule has 16 heteroatoms. The first-order valence-corrected chi connectivity index (χ1v) is 22.0. The number of ether oxygens (including phenoxy) is 4. The van der Waals surface area contributed by atoms with Crippen LogP contribution < -0.4 is 10.6 Å². The molecule has 2 aliphatic heterocycles. The van der Waals surface area contributed by atoms with Crippen molar-refractivity contribution in [1.29, 1.82) is 0 Å². The Morgan fingerprint density at radius 3 is 1.88 bits per heavy atom. The van der Waals surface area contributed by atoms with E-state index in [0.29, 0.717) is 6.54 Å². The van der Waals surface area contributed by atoms with Crippen molar-refractivity contribution in [2.24, 2.45) is 11.3 Å².